The number of carbonyl (C=O) groups is 1. The Balaban J connectivity index is 2.70. The molecule has 0 aliphatic carbocycles. The minimum absolute atomic E-state index is 0.0918. The first-order chi connectivity index (χ1) is 8.55. The van der Waals surface area contributed by atoms with Crippen LogP contribution >= 0.6 is 0 Å². The molecule has 1 aromatic rings. The lowest BCUT2D eigenvalue weighted by Gasteiger charge is -2.24. The fourth-order valence-corrected chi connectivity index (χ4v) is 1.93. The Kier molecular flexibility index (Phi) is 4.91. The molecule has 3 nitrogen and oxygen atoms in total. The second kappa shape index (κ2) is 6.20. The molecule has 1 rings (SSSR count). The summed E-state index contributed by atoms with van der Waals surface area (Å²) in [5.74, 6) is -0.0918. The summed E-state index contributed by atoms with van der Waals surface area (Å²) in [5.41, 5.74) is 1.39. The SMILES string of the molecule is CCC(C#N)(CC)NC(=O)Cc1cccc(C)c1. The van der Waals surface area contributed by atoms with Gasteiger partial charge >= 0.3 is 0 Å². The van der Waals surface area contributed by atoms with E-state index in [1.165, 1.54) is 0 Å². The van der Waals surface area contributed by atoms with Crippen LogP contribution in [0.2, 0.25) is 0 Å². The van der Waals surface area contributed by atoms with Crippen LogP contribution in [0.1, 0.15) is 37.8 Å². The molecule has 0 radical (unpaired) electrons. The van der Waals surface area contributed by atoms with Gasteiger partial charge in [0.05, 0.1) is 12.5 Å². The number of nitrogens with zero attached hydrogens (tertiary/aromatic N) is 1. The smallest absolute Gasteiger partial charge is 0.225 e. The highest BCUT2D eigenvalue weighted by molar-refractivity contribution is 5.79. The van der Waals surface area contributed by atoms with Crippen LogP contribution in [0.5, 0.6) is 0 Å². The van der Waals surface area contributed by atoms with Crippen LogP contribution in [0.15, 0.2) is 24.3 Å². The average Bonchev–Trinajstić information content (AvgIpc) is 2.36. The molecule has 0 aromatic heterocycles. The zero-order chi connectivity index (χ0) is 13.6. The maximum absolute atomic E-state index is 12.0. The van der Waals surface area contributed by atoms with E-state index < -0.39 is 5.54 Å². The summed E-state index contributed by atoms with van der Waals surface area (Å²) in [4.78, 5) is 12.0. The molecule has 0 aliphatic heterocycles. The number of benzene rings is 1. The van der Waals surface area contributed by atoms with E-state index in [4.69, 9.17) is 0 Å². The Morgan fingerprint density at radius 2 is 2.06 bits per heavy atom. The number of carbonyl (C=O) groups excluding carboxylic acids is 1. The fourth-order valence-electron chi connectivity index (χ4n) is 1.93. The van der Waals surface area contributed by atoms with Crippen molar-refractivity contribution >= 4 is 5.91 Å². The fraction of sp³-hybridized carbons (Fsp3) is 0.467. The highest BCUT2D eigenvalue weighted by atomic mass is 16.1. The molecule has 0 heterocycles. The van der Waals surface area contributed by atoms with Crippen molar-refractivity contribution < 1.29 is 4.79 Å². The van der Waals surface area contributed by atoms with Gasteiger partial charge in [-0.2, -0.15) is 5.26 Å². The van der Waals surface area contributed by atoms with Crippen molar-refractivity contribution in [3.8, 4) is 6.07 Å². The van der Waals surface area contributed by atoms with Gasteiger partial charge in [0.15, 0.2) is 0 Å². The molecule has 0 saturated heterocycles. The lowest BCUT2D eigenvalue weighted by atomic mass is 9.94. The molecule has 0 spiro atoms. The van der Waals surface area contributed by atoms with Gasteiger partial charge < -0.3 is 5.32 Å². The monoisotopic (exact) mass is 244 g/mol. The number of nitrogens with one attached hydrogen (secondary N) is 1. The van der Waals surface area contributed by atoms with Gasteiger partial charge in [-0.05, 0) is 25.3 Å². The van der Waals surface area contributed by atoms with Crippen molar-refractivity contribution in [2.75, 3.05) is 0 Å². The molecule has 18 heavy (non-hydrogen) atoms. The van der Waals surface area contributed by atoms with Gasteiger partial charge in [-0.1, -0.05) is 43.7 Å². The molecule has 0 aliphatic rings. The van der Waals surface area contributed by atoms with Crippen molar-refractivity contribution in [2.45, 2.75) is 45.6 Å². The summed E-state index contributed by atoms with van der Waals surface area (Å²) in [6.07, 6.45) is 1.57. The van der Waals surface area contributed by atoms with E-state index in [2.05, 4.69) is 11.4 Å². The highest BCUT2D eigenvalue weighted by Gasteiger charge is 2.27. The molecule has 1 N–H and O–H groups in total. The molecule has 0 saturated carbocycles. The summed E-state index contributed by atoms with van der Waals surface area (Å²) in [5, 5.41) is 12.0. The Bertz CT molecular complexity index is 456. The first kappa shape index (κ1) is 14.2. The van der Waals surface area contributed by atoms with E-state index in [1.807, 2.05) is 45.0 Å². The minimum Gasteiger partial charge on any atom is -0.338 e. The first-order valence-corrected chi connectivity index (χ1v) is 6.33. The van der Waals surface area contributed by atoms with Gasteiger partial charge in [-0.15, -0.1) is 0 Å². The van der Waals surface area contributed by atoms with E-state index in [0.29, 0.717) is 19.3 Å². The molecule has 0 atom stereocenters. The van der Waals surface area contributed by atoms with Gasteiger partial charge in [0, 0.05) is 0 Å². The Hall–Kier alpha value is -1.82. The maximum Gasteiger partial charge on any atom is 0.225 e. The van der Waals surface area contributed by atoms with Crippen LogP contribution in [0.3, 0.4) is 0 Å². The Morgan fingerprint density at radius 1 is 1.39 bits per heavy atom. The third-order valence-corrected chi connectivity index (χ3v) is 3.25. The maximum atomic E-state index is 12.0. The molecule has 0 fully saturated rings. The molecule has 0 unspecified atom stereocenters. The predicted molar refractivity (Wildman–Crippen MR) is 72.0 cm³/mol. The van der Waals surface area contributed by atoms with Gasteiger partial charge in [0.25, 0.3) is 0 Å². The second-order valence-electron chi connectivity index (χ2n) is 4.62. The van der Waals surface area contributed by atoms with Crippen LogP contribution in [0.25, 0.3) is 0 Å². The zero-order valence-corrected chi connectivity index (χ0v) is 11.3. The van der Waals surface area contributed by atoms with Crippen LogP contribution in [0.4, 0.5) is 0 Å². The third kappa shape index (κ3) is 3.59. The minimum atomic E-state index is -0.721. The second-order valence-corrected chi connectivity index (χ2v) is 4.62. The van der Waals surface area contributed by atoms with Crippen LogP contribution < -0.4 is 5.32 Å². The third-order valence-electron chi connectivity index (χ3n) is 3.25. The molecule has 1 amide bonds. The van der Waals surface area contributed by atoms with Crippen LogP contribution in [-0.4, -0.2) is 11.4 Å². The number of hydrogen-bond donors (Lipinski definition) is 1. The van der Waals surface area contributed by atoms with Gasteiger partial charge in [-0.3, -0.25) is 4.79 Å². The number of nitriles is 1. The molecule has 1 aromatic carbocycles. The number of aryl methyl sites for hydroxylation is 1. The van der Waals surface area contributed by atoms with Crippen molar-refractivity contribution in [3.05, 3.63) is 35.4 Å². The summed E-state index contributed by atoms with van der Waals surface area (Å²) >= 11 is 0. The Morgan fingerprint density at radius 3 is 2.56 bits per heavy atom. The van der Waals surface area contributed by atoms with Crippen molar-refractivity contribution in [2.24, 2.45) is 0 Å². The standard InChI is InChI=1S/C15H20N2O/c1-4-15(5-2,11-16)17-14(18)10-13-8-6-7-12(3)9-13/h6-9H,4-5,10H2,1-3H3,(H,17,18). The number of hydrogen-bond acceptors (Lipinski definition) is 2. The number of rotatable bonds is 5. The molecular weight excluding hydrogens is 224 g/mol. The average molecular weight is 244 g/mol. The molecular formula is C15H20N2O. The summed E-state index contributed by atoms with van der Waals surface area (Å²) in [7, 11) is 0. The lowest BCUT2D eigenvalue weighted by Crippen LogP contribution is -2.47. The van der Waals surface area contributed by atoms with Gasteiger partial charge in [-0.25, -0.2) is 0 Å². The highest BCUT2D eigenvalue weighted by Crippen LogP contribution is 2.14. The van der Waals surface area contributed by atoms with Crippen LogP contribution in [0, 0.1) is 18.3 Å². The van der Waals surface area contributed by atoms with E-state index in [0.717, 1.165) is 11.1 Å². The van der Waals surface area contributed by atoms with Crippen molar-refractivity contribution in [3.63, 3.8) is 0 Å². The Labute approximate surface area is 109 Å². The molecule has 96 valence electrons. The molecule has 0 bridgehead atoms. The van der Waals surface area contributed by atoms with E-state index in [1.54, 1.807) is 0 Å². The van der Waals surface area contributed by atoms with E-state index in [-0.39, 0.29) is 5.91 Å². The predicted octanol–water partition coefficient (Wildman–Crippen LogP) is 2.74. The van der Waals surface area contributed by atoms with Crippen molar-refractivity contribution in [1.29, 1.82) is 5.26 Å². The van der Waals surface area contributed by atoms with E-state index >= 15 is 0 Å². The zero-order valence-electron chi connectivity index (χ0n) is 11.3. The number of amides is 1. The summed E-state index contributed by atoms with van der Waals surface area (Å²) in [6.45, 7) is 5.83. The topological polar surface area (TPSA) is 52.9 Å². The largest absolute Gasteiger partial charge is 0.338 e. The van der Waals surface area contributed by atoms with Crippen LogP contribution in [-0.2, 0) is 11.2 Å². The van der Waals surface area contributed by atoms with Crippen molar-refractivity contribution in [1.82, 2.24) is 5.32 Å². The first-order valence-electron chi connectivity index (χ1n) is 6.33. The molecule has 3 heteroatoms. The van der Waals surface area contributed by atoms with Gasteiger partial charge in [0.2, 0.25) is 5.91 Å². The normalized spacial score (nSPS) is 10.8. The van der Waals surface area contributed by atoms with Gasteiger partial charge in [0.1, 0.15) is 5.54 Å². The summed E-state index contributed by atoms with van der Waals surface area (Å²) in [6, 6.07) is 10.1. The summed E-state index contributed by atoms with van der Waals surface area (Å²) < 4.78 is 0. The quantitative estimate of drug-likeness (QED) is 0.865. The lowest BCUT2D eigenvalue weighted by molar-refractivity contribution is -0.121. The van der Waals surface area contributed by atoms with E-state index in [9.17, 15) is 10.1 Å².